The van der Waals surface area contributed by atoms with Crippen LogP contribution in [-0.4, -0.2) is 17.2 Å². The molecule has 0 aromatic rings. The maximum absolute atomic E-state index is 5.56. The highest BCUT2D eigenvalue weighted by molar-refractivity contribution is 8.22. The molecule has 0 saturated carbocycles. The van der Waals surface area contributed by atoms with Crippen molar-refractivity contribution in [2.45, 2.75) is 0 Å². The average molecular weight is 217 g/mol. The highest BCUT2D eigenvalue weighted by Crippen LogP contribution is 2.14. The molecule has 0 atom stereocenters. The zero-order valence-electron chi connectivity index (χ0n) is 5.27. The zero-order chi connectivity index (χ0) is 7.98. The Morgan fingerprint density at radius 2 is 2.40 bits per heavy atom. The molecule has 0 spiro atoms. The summed E-state index contributed by atoms with van der Waals surface area (Å²) in [6, 6.07) is 0. The van der Waals surface area contributed by atoms with Crippen molar-refractivity contribution in [3.63, 3.8) is 0 Å². The largest absolute Gasteiger partial charge is 0.482 e. The van der Waals surface area contributed by atoms with E-state index in [9.17, 15) is 0 Å². The molecule has 0 saturated heterocycles. The first-order valence-electron chi connectivity index (χ1n) is 2.36. The maximum atomic E-state index is 5.56. The fourth-order valence-corrected chi connectivity index (χ4v) is 1.18. The SMILES string of the molecule is COC(=S)SC/C(Cl)=C/Cl. The van der Waals surface area contributed by atoms with Crippen LogP contribution in [0.4, 0.5) is 0 Å². The first-order chi connectivity index (χ1) is 4.70. The summed E-state index contributed by atoms with van der Waals surface area (Å²) in [5.41, 5.74) is 1.31. The first kappa shape index (κ1) is 10.6. The standard InChI is InChI=1S/C5H6Cl2OS2/c1-8-5(9)10-3-4(7)2-6/h2H,3H2,1H3/b4-2-. The van der Waals surface area contributed by atoms with Gasteiger partial charge in [-0.25, -0.2) is 0 Å². The van der Waals surface area contributed by atoms with E-state index in [4.69, 9.17) is 40.2 Å². The minimum Gasteiger partial charge on any atom is -0.482 e. The van der Waals surface area contributed by atoms with E-state index >= 15 is 0 Å². The second-order valence-corrected chi connectivity index (χ2v) is 3.58. The van der Waals surface area contributed by atoms with Crippen molar-refractivity contribution in [1.82, 2.24) is 0 Å². The van der Waals surface area contributed by atoms with Crippen molar-refractivity contribution < 1.29 is 4.74 Å². The Bertz CT molecular complexity index is 147. The maximum Gasteiger partial charge on any atom is 0.220 e. The highest BCUT2D eigenvalue weighted by atomic mass is 35.5. The molecule has 1 nitrogen and oxygen atoms in total. The van der Waals surface area contributed by atoms with Gasteiger partial charge in [0.15, 0.2) is 0 Å². The summed E-state index contributed by atoms with van der Waals surface area (Å²) in [5, 5.41) is 0.561. The van der Waals surface area contributed by atoms with Crippen molar-refractivity contribution in [3.8, 4) is 0 Å². The molecule has 0 aromatic carbocycles. The second-order valence-electron chi connectivity index (χ2n) is 1.30. The summed E-state index contributed by atoms with van der Waals surface area (Å²) in [6.45, 7) is 0. The van der Waals surface area contributed by atoms with Gasteiger partial charge in [0.05, 0.1) is 7.11 Å². The van der Waals surface area contributed by atoms with Gasteiger partial charge in [0.25, 0.3) is 0 Å². The number of hydrogen-bond acceptors (Lipinski definition) is 3. The van der Waals surface area contributed by atoms with Gasteiger partial charge in [0, 0.05) is 16.3 Å². The molecule has 0 N–H and O–H groups in total. The lowest BCUT2D eigenvalue weighted by atomic mass is 10.7. The lowest BCUT2D eigenvalue weighted by Crippen LogP contribution is -1.91. The van der Waals surface area contributed by atoms with E-state index < -0.39 is 0 Å². The van der Waals surface area contributed by atoms with E-state index in [1.807, 2.05) is 0 Å². The van der Waals surface area contributed by atoms with Crippen molar-refractivity contribution >= 4 is 51.6 Å². The molecule has 58 valence electrons. The minimum atomic E-state index is 0.469. The quantitative estimate of drug-likeness (QED) is 0.658. The van der Waals surface area contributed by atoms with Gasteiger partial charge in [-0.3, -0.25) is 0 Å². The summed E-state index contributed by atoms with van der Waals surface area (Å²) in [4.78, 5) is 0. The number of thiocarbonyl (C=S) groups is 1. The third-order valence-corrected chi connectivity index (χ3v) is 2.77. The minimum absolute atomic E-state index is 0.469. The van der Waals surface area contributed by atoms with E-state index in [-0.39, 0.29) is 0 Å². The van der Waals surface area contributed by atoms with E-state index in [0.29, 0.717) is 15.2 Å². The molecule has 5 heteroatoms. The van der Waals surface area contributed by atoms with Crippen LogP contribution >= 0.6 is 47.2 Å². The third-order valence-electron chi connectivity index (χ3n) is 0.613. The van der Waals surface area contributed by atoms with E-state index in [2.05, 4.69) is 0 Å². The molecule has 0 aliphatic heterocycles. The summed E-state index contributed by atoms with van der Waals surface area (Å²) in [6.07, 6.45) is 0. The lowest BCUT2D eigenvalue weighted by molar-refractivity contribution is 0.426. The average Bonchev–Trinajstić information content (AvgIpc) is 1.99. The topological polar surface area (TPSA) is 9.23 Å². The number of methoxy groups -OCH3 is 1. The Kier molecular flexibility index (Phi) is 6.63. The van der Waals surface area contributed by atoms with Crippen molar-refractivity contribution in [2.75, 3.05) is 12.9 Å². The van der Waals surface area contributed by atoms with E-state index in [1.165, 1.54) is 24.4 Å². The second kappa shape index (κ2) is 6.28. The summed E-state index contributed by atoms with van der Waals surface area (Å²) in [7, 11) is 1.52. The molecule has 0 amide bonds. The van der Waals surface area contributed by atoms with Gasteiger partial charge < -0.3 is 4.74 Å². The molecule has 0 aliphatic carbocycles. The highest BCUT2D eigenvalue weighted by Gasteiger charge is 1.97. The molecule has 0 rings (SSSR count). The fourth-order valence-electron chi connectivity index (χ4n) is 0.218. The molecule has 0 fully saturated rings. The van der Waals surface area contributed by atoms with E-state index in [1.54, 1.807) is 0 Å². The molecular formula is C5H6Cl2OS2. The molecule has 0 radical (unpaired) electrons. The molecule has 0 bridgehead atoms. The third kappa shape index (κ3) is 5.35. The van der Waals surface area contributed by atoms with Crippen LogP contribution in [0.5, 0.6) is 0 Å². The van der Waals surface area contributed by atoms with Crippen LogP contribution < -0.4 is 0 Å². The van der Waals surface area contributed by atoms with Gasteiger partial charge in [-0.15, -0.1) is 0 Å². The van der Waals surface area contributed by atoms with Crippen molar-refractivity contribution in [1.29, 1.82) is 0 Å². The summed E-state index contributed by atoms with van der Waals surface area (Å²) >= 11 is 16.9. The van der Waals surface area contributed by atoms with Gasteiger partial charge in [0.1, 0.15) is 0 Å². The van der Waals surface area contributed by atoms with Crippen LogP contribution in [0.25, 0.3) is 0 Å². The van der Waals surface area contributed by atoms with Crippen LogP contribution in [0, 0.1) is 0 Å². The smallest absolute Gasteiger partial charge is 0.220 e. The number of thioether (sulfide) groups is 1. The van der Waals surface area contributed by atoms with Crippen LogP contribution in [-0.2, 0) is 4.74 Å². The van der Waals surface area contributed by atoms with Gasteiger partial charge >= 0.3 is 0 Å². The molecular weight excluding hydrogens is 211 g/mol. The Morgan fingerprint density at radius 3 is 2.80 bits per heavy atom. The van der Waals surface area contributed by atoms with Gasteiger partial charge in [-0.05, 0) is 12.2 Å². The Morgan fingerprint density at radius 1 is 1.80 bits per heavy atom. The fraction of sp³-hybridized carbons (Fsp3) is 0.400. The van der Waals surface area contributed by atoms with Crippen LogP contribution in [0.3, 0.4) is 0 Å². The van der Waals surface area contributed by atoms with Gasteiger partial charge in [-0.2, -0.15) is 0 Å². The van der Waals surface area contributed by atoms with Gasteiger partial charge in [-0.1, -0.05) is 35.0 Å². The monoisotopic (exact) mass is 216 g/mol. The number of rotatable bonds is 2. The van der Waals surface area contributed by atoms with Crippen LogP contribution in [0.2, 0.25) is 0 Å². The van der Waals surface area contributed by atoms with Crippen LogP contribution in [0.15, 0.2) is 10.6 Å². The Hall–Kier alpha value is 0.560. The zero-order valence-corrected chi connectivity index (χ0v) is 8.41. The Balaban J connectivity index is 3.45. The van der Waals surface area contributed by atoms with Gasteiger partial charge in [0.2, 0.25) is 4.38 Å². The molecule has 0 heterocycles. The van der Waals surface area contributed by atoms with Crippen LogP contribution in [0.1, 0.15) is 0 Å². The lowest BCUT2D eigenvalue weighted by Gasteiger charge is -1.98. The molecule has 0 aromatic heterocycles. The molecule has 10 heavy (non-hydrogen) atoms. The predicted octanol–water partition coefficient (Wildman–Crippen LogP) is 2.97. The molecule has 0 unspecified atom stereocenters. The Labute approximate surface area is 79.7 Å². The predicted molar refractivity (Wildman–Crippen MR) is 51.9 cm³/mol. The summed E-state index contributed by atoms with van der Waals surface area (Å²) < 4.78 is 5.18. The number of ether oxygens (including phenoxy) is 1. The number of hydrogen-bond donors (Lipinski definition) is 0. The normalized spacial score (nSPS) is 11.3. The molecule has 0 aliphatic rings. The number of halogens is 2. The summed E-state index contributed by atoms with van der Waals surface area (Å²) in [5.74, 6) is 0.567. The van der Waals surface area contributed by atoms with Crippen molar-refractivity contribution in [3.05, 3.63) is 10.6 Å². The first-order valence-corrected chi connectivity index (χ1v) is 4.57. The van der Waals surface area contributed by atoms with Crippen molar-refractivity contribution in [2.24, 2.45) is 0 Å². The van der Waals surface area contributed by atoms with E-state index in [0.717, 1.165) is 0 Å².